The van der Waals surface area contributed by atoms with Crippen LogP contribution in [-0.4, -0.2) is 40.4 Å². The second-order valence-corrected chi connectivity index (χ2v) is 5.46. The monoisotopic (exact) mass is 356 g/mol. The Hall–Kier alpha value is -3.13. The molecule has 3 aromatic rings. The number of aromatic hydroxyl groups is 1. The molecule has 7 nitrogen and oxygen atoms in total. The Morgan fingerprint density at radius 2 is 1.92 bits per heavy atom. The molecule has 25 heavy (non-hydrogen) atoms. The third kappa shape index (κ3) is 3.53. The third-order valence-corrected chi connectivity index (χ3v) is 3.79. The van der Waals surface area contributed by atoms with Crippen molar-refractivity contribution < 1.29 is 14.6 Å². The van der Waals surface area contributed by atoms with Crippen molar-refractivity contribution in [3.63, 3.8) is 0 Å². The Balaban J connectivity index is 1.95. The molecule has 0 saturated carbocycles. The van der Waals surface area contributed by atoms with Crippen LogP contribution in [0.15, 0.2) is 47.6 Å². The highest BCUT2D eigenvalue weighted by Gasteiger charge is 2.08. The van der Waals surface area contributed by atoms with E-state index < -0.39 is 0 Å². The first-order chi connectivity index (χ1) is 12.1. The molecule has 0 atom stereocenters. The Morgan fingerprint density at radius 3 is 2.60 bits per heavy atom. The van der Waals surface area contributed by atoms with Crippen molar-refractivity contribution in [3.05, 3.63) is 52.8 Å². The van der Waals surface area contributed by atoms with Crippen LogP contribution in [0.3, 0.4) is 0 Å². The van der Waals surface area contributed by atoms with Gasteiger partial charge in [-0.05, 0) is 60.2 Å². The van der Waals surface area contributed by atoms with Gasteiger partial charge in [-0.1, -0.05) is 0 Å². The van der Waals surface area contributed by atoms with Crippen LogP contribution in [0.1, 0.15) is 5.56 Å². The van der Waals surface area contributed by atoms with Gasteiger partial charge in [-0.25, -0.2) is 5.10 Å². The number of methoxy groups -OCH3 is 2. The molecule has 0 fully saturated rings. The molecule has 0 aliphatic rings. The van der Waals surface area contributed by atoms with Crippen molar-refractivity contribution in [3.8, 4) is 28.6 Å². The van der Waals surface area contributed by atoms with E-state index in [0.29, 0.717) is 16.3 Å². The molecule has 0 radical (unpaired) electrons. The lowest BCUT2D eigenvalue weighted by atomic mass is 10.2. The van der Waals surface area contributed by atoms with Crippen LogP contribution in [0.4, 0.5) is 0 Å². The van der Waals surface area contributed by atoms with Crippen molar-refractivity contribution in [1.29, 1.82) is 0 Å². The van der Waals surface area contributed by atoms with Gasteiger partial charge in [0, 0.05) is 5.56 Å². The van der Waals surface area contributed by atoms with Gasteiger partial charge in [-0.2, -0.15) is 14.9 Å². The molecular weight excluding hydrogens is 340 g/mol. The Morgan fingerprint density at radius 1 is 1.16 bits per heavy atom. The first-order valence-corrected chi connectivity index (χ1v) is 7.76. The first-order valence-electron chi connectivity index (χ1n) is 7.35. The van der Waals surface area contributed by atoms with E-state index in [1.165, 1.54) is 11.8 Å². The van der Waals surface area contributed by atoms with E-state index in [1.807, 2.05) is 24.3 Å². The molecule has 0 aliphatic heterocycles. The maximum absolute atomic E-state index is 9.65. The van der Waals surface area contributed by atoms with E-state index in [1.54, 1.807) is 31.5 Å². The Kier molecular flexibility index (Phi) is 4.80. The number of benzene rings is 2. The van der Waals surface area contributed by atoms with Crippen molar-refractivity contribution in [2.45, 2.75) is 0 Å². The van der Waals surface area contributed by atoms with Gasteiger partial charge in [0.15, 0.2) is 17.3 Å². The highest BCUT2D eigenvalue weighted by atomic mass is 32.1. The summed E-state index contributed by atoms with van der Waals surface area (Å²) in [6.45, 7) is 0. The number of nitrogens with one attached hydrogen (secondary N) is 1. The molecule has 3 rings (SSSR count). The maximum atomic E-state index is 9.65. The summed E-state index contributed by atoms with van der Waals surface area (Å²) in [5.74, 6) is 1.77. The van der Waals surface area contributed by atoms with Gasteiger partial charge in [0.2, 0.25) is 4.77 Å². The van der Waals surface area contributed by atoms with Gasteiger partial charge in [-0.3, -0.25) is 0 Å². The topological polar surface area (TPSA) is 84.7 Å². The number of phenolic OH excluding ortho intramolecular Hbond substituents is 1. The number of aromatic amines is 1. The molecule has 8 heteroatoms. The van der Waals surface area contributed by atoms with Crippen LogP contribution in [0, 0.1) is 4.77 Å². The average Bonchev–Trinajstić information content (AvgIpc) is 3.01. The summed E-state index contributed by atoms with van der Waals surface area (Å²) in [6.07, 6.45) is 1.61. The van der Waals surface area contributed by atoms with Crippen LogP contribution in [-0.2, 0) is 0 Å². The molecule has 0 spiro atoms. The van der Waals surface area contributed by atoms with Crippen LogP contribution >= 0.6 is 12.2 Å². The number of hydrogen-bond acceptors (Lipinski definition) is 6. The lowest BCUT2D eigenvalue weighted by Crippen LogP contribution is -1.95. The Bertz CT molecular complexity index is 961. The summed E-state index contributed by atoms with van der Waals surface area (Å²) in [7, 11) is 3.10. The van der Waals surface area contributed by atoms with Crippen LogP contribution < -0.4 is 9.47 Å². The molecule has 128 valence electrons. The van der Waals surface area contributed by atoms with Crippen molar-refractivity contribution in [2.75, 3.05) is 14.2 Å². The molecule has 2 aromatic carbocycles. The molecule has 1 heterocycles. The van der Waals surface area contributed by atoms with Crippen molar-refractivity contribution in [2.24, 2.45) is 5.10 Å². The second-order valence-electron chi connectivity index (χ2n) is 5.07. The summed E-state index contributed by atoms with van der Waals surface area (Å²) < 4.78 is 12.1. The van der Waals surface area contributed by atoms with Crippen LogP contribution in [0.5, 0.6) is 17.2 Å². The zero-order valence-electron chi connectivity index (χ0n) is 13.6. The van der Waals surface area contributed by atoms with E-state index in [0.717, 1.165) is 16.9 Å². The number of rotatable bonds is 5. The zero-order valence-corrected chi connectivity index (χ0v) is 14.4. The van der Waals surface area contributed by atoms with Crippen LogP contribution in [0.25, 0.3) is 11.4 Å². The summed E-state index contributed by atoms with van der Waals surface area (Å²) in [5, 5.41) is 21.0. The number of phenols is 1. The fourth-order valence-electron chi connectivity index (χ4n) is 2.22. The number of H-pyrrole nitrogens is 1. The Labute approximate surface area is 149 Å². The van der Waals surface area contributed by atoms with Crippen LogP contribution in [0.2, 0.25) is 0 Å². The molecular formula is C17H16N4O3S. The molecule has 0 unspecified atom stereocenters. The zero-order chi connectivity index (χ0) is 17.8. The van der Waals surface area contributed by atoms with Gasteiger partial charge in [0.1, 0.15) is 5.75 Å². The summed E-state index contributed by atoms with van der Waals surface area (Å²) >= 11 is 5.25. The lowest BCUT2D eigenvalue weighted by Gasteiger charge is -2.04. The predicted molar refractivity (Wildman–Crippen MR) is 97.1 cm³/mol. The van der Waals surface area contributed by atoms with Gasteiger partial charge >= 0.3 is 0 Å². The van der Waals surface area contributed by atoms with Gasteiger partial charge in [0.05, 0.1) is 20.4 Å². The predicted octanol–water partition coefficient (Wildman–Crippen LogP) is 3.21. The minimum absolute atomic E-state index is 0.0681. The molecule has 0 saturated heterocycles. The highest BCUT2D eigenvalue weighted by Crippen LogP contribution is 2.26. The average molecular weight is 356 g/mol. The van der Waals surface area contributed by atoms with Crippen molar-refractivity contribution in [1.82, 2.24) is 14.9 Å². The first kappa shape index (κ1) is 16.7. The molecule has 0 amide bonds. The number of ether oxygens (including phenoxy) is 2. The fraction of sp³-hybridized carbons (Fsp3) is 0.118. The minimum atomic E-state index is 0.0681. The molecule has 0 bridgehead atoms. The van der Waals surface area contributed by atoms with E-state index in [9.17, 15) is 5.11 Å². The van der Waals surface area contributed by atoms with E-state index >= 15 is 0 Å². The van der Waals surface area contributed by atoms with Gasteiger partial charge < -0.3 is 14.6 Å². The number of aromatic nitrogens is 3. The van der Waals surface area contributed by atoms with Gasteiger partial charge in [0.25, 0.3) is 0 Å². The third-order valence-electron chi connectivity index (χ3n) is 3.52. The fourth-order valence-corrected chi connectivity index (χ4v) is 2.40. The second kappa shape index (κ2) is 7.18. The molecule has 2 N–H and O–H groups in total. The lowest BCUT2D eigenvalue weighted by molar-refractivity contribution is 0.373. The molecule has 0 aliphatic carbocycles. The maximum Gasteiger partial charge on any atom is 0.216 e. The summed E-state index contributed by atoms with van der Waals surface area (Å²) in [6, 6.07) is 12.4. The molecule has 1 aromatic heterocycles. The van der Waals surface area contributed by atoms with E-state index in [2.05, 4.69) is 15.3 Å². The van der Waals surface area contributed by atoms with E-state index in [-0.39, 0.29) is 5.75 Å². The minimum Gasteiger partial charge on any atom is -0.504 e. The number of nitrogens with zero attached hydrogens (tertiary/aromatic N) is 3. The van der Waals surface area contributed by atoms with Crippen molar-refractivity contribution >= 4 is 18.4 Å². The summed E-state index contributed by atoms with van der Waals surface area (Å²) in [4.78, 5) is 0. The summed E-state index contributed by atoms with van der Waals surface area (Å²) in [5.41, 5.74) is 1.59. The van der Waals surface area contributed by atoms with E-state index in [4.69, 9.17) is 21.7 Å². The largest absolute Gasteiger partial charge is 0.504 e. The highest BCUT2D eigenvalue weighted by molar-refractivity contribution is 7.71. The SMILES string of the molecule is COc1ccc(-c2n[nH]c(=S)n2/N=C\c2ccc(O)c(OC)c2)cc1. The smallest absolute Gasteiger partial charge is 0.216 e. The standard InChI is InChI=1S/C17H16N4O3S/c1-23-13-6-4-12(5-7-13)16-19-20-17(25)21(16)18-10-11-3-8-14(22)15(9-11)24-2/h3-10,22H,1-2H3,(H,20,25)/b18-10-. The number of hydrogen-bond donors (Lipinski definition) is 2. The van der Waals surface area contributed by atoms with Gasteiger partial charge in [-0.15, -0.1) is 0 Å². The quantitative estimate of drug-likeness (QED) is 0.542. The normalized spacial score (nSPS) is 11.0.